The maximum Gasteiger partial charge on any atom is 0.243 e. The number of carbonyl (C=O) groups excluding carboxylic acids is 2. The van der Waals surface area contributed by atoms with E-state index in [1.807, 2.05) is 55.4 Å². The molecule has 0 unspecified atom stereocenters. The number of hydrogen-bond donors (Lipinski definition) is 0. The third-order valence-electron chi connectivity index (χ3n) is 4.68. The highest BCUT2D eigenvalue weighted by Gasteiger charge is 2.32. The van der Waals surface area contributed by atoms with Crippen molar-refractivity contribution >= 4 is 34.9 Å². The summed E-state index contributed by atoms with van der Waals surface area (Å²) in [6.07, 6.45) is 0.0689. The Morgan fingerprint density at radius 3 is 2.32 bits per heavy atom. The number of carboxylic acids is 1. The number of carbonyl (C=O) groups is 2. The van der Waals surface area contributed by atoms with E-state index >= 15 is 0 Å². The van der Waals surface area contributed by atoms with E-state index in [1.165, 1.54) is 5.01 Å². The lowest BCUT2D eigenvalue weighted by Crippen LogP contribution is -2.29. The second-order valence-electron chi connectivity index (χ2n) is 6.87. The Labute approximate surface area is 169 Å². The molecule has 0 aromatic heterocycles. The first kappa shape index (κ1) is 19.9. The fourth-order valence-electron chi connectivity index (χ4n) is 3.13. The molecule has 1 atom stereocenters. The fraction of sp³-hybridized carbons (Fsp3) is 0.286. The Balaban J connectivity index is 1.89. The number of carboxylic acid groups (broad SMARTS) is 1. The van der Waals surface area contributed by atoms with Crippen LogP contribution in [0.4, 0.5) is 5.69 Å². The number of nitrogens with zero attached hydrogens (tertiary/aromatic N) is 3. The molecule has 0 aliphatic carbocycles. The van der Waals surface area contributed by atoms with Crippen LogP contribution in [0, 0.1) is 0 Å². The van der Waals surface area contributed by atoms with E-state index in [4.69, 9.17) is 11.6 Å². The summed E-state index contributed by atoms with van der Waals surface area (Å²) in [7, 11) is 3.92. The normalized spacial score (nSPS) is 16.0. The molecule has 1 aliphatic rings. The van der Waals surface area contributed by atoms with Gasteiger partial charge in [0.2, 0.25) is 5.91 Å². The highest BCUT2D eigenvalue weighted by atomic mass is 35.5. The molecule has 28 heavy (non-hydrogen) atoms. The molecule has 1 amide bonds. The molecule has 0 bridgehead atoms. The molecule has 2 aromatic rings. The summed E-state index contributed by atoms with van der Waals surface area (Å²) in [5.41, 5.74) is 3.64. The fourth-order valence-corrected chi connectivity index (χ4v) is 3.26. The van der Waals surface area contributed by atoms with Crippen molar-refractivity contribution in [1.29, 1.82) is 0 Å². The predicted molar refractivity (Wildman–Crippen MR) is 107 cm³/mol. The number of benzene rings is 2. The first-order chi connectivity index (χ1) is 13.3. The van der Waals surface area contributed by atoms with Gasteiger partial charge in [-0.05, 0) is 41.8 Å². The lowest BCUT2D eigenvalue weighted by Gasteiger charge is -2.23. The van der Waals surface area contributed by atoms with Crippen molar-refractivity contribution in [3.8, 4) is 0 Å². The van der Waals surface area contributed by atoms with Crippen molar-refractivity contribution in [3.63, 3.8) is 0 Å². The monoisotopic (exact) mass is 398 g/mol. The second-order valence-corrected chi connectivity index (χ2v) is 7.31. The quantitative estimate of drug-likeness (QED) is 0.749. The highest BCUT2D eigenvalue weighted by Crippen LogP contribution is 2.34. The Hall–Kier alpha value is -2.86. The molecule has 1 aliphatic heterocycles. The third kappa shape index (κ3) is 4.51. The zero-order chi connectivity index (χ0) is 20.3. The summed E-state index contributed by atoms with van der Waals surface area (Å²) in [6.45, 7) is 0. The number of rotatable bonds is 6. The van der Waals surface area contributed by atoms with Crippen LogP contribution in [0.25, 0.3) is 0 Å². The van der Waals surface area contributed by atoms with Crippen LogP contribution in [0.1, 0.15) is 36.4 Å². The molecule has 7 heteroatoms. The van der Waals surface area contributed by atoms with Crippen LogP contribution in [-0.2, 0) is 9.59 Å². The third-order valence-corrected chi connectivity index (χ3v) is 4.93. The average molecular weight is 399 g/mol. The number of halogens is 1. The zero-order valence-corrected chi connectivity index (χ0v) is 16.5. The second kappa shape index (κ2) is 8.44. The molecule has 0 N–H and O–H groups in total. The molecule has 3 rings (SSSR count). The number of hydrazone groups is 1. The Morgan fingerprint density at radius 1 is 1.11 bits per heavy atom. The summed E-state index contributed by atoms with van der Waals surface area (Å²) in [6, 6.07) is 14.9. The molecular weight excluding hydrogens is 378 g/mol. The predicted octanol–water partition coefficient (Wildman–Crippen LogP) is 2.61. The van der Waals surface area contributed by atoms with Gasteiger partial charge in [-0.1, -0.05) is 35.9 Å². The molecule has 0 saturated heterocycles. The van der Waals surface area contributed by atoms with E-state index in [2.05, 4.69) is 5.10 Å². The van der Waals surface area contributed by atoms with Crippen molar-refractivity contribution in [2.45, 2.75) is 25.3 Å². The molecular formula is C21H21ClN3O3-. The Bertz CT molecular complexity index is 892. The zero-order valence-electron chi connectivity index (χ0n) is 15.8. The maximum atomic E-state index is 12.6. The van der Waals surface area contributed by atoms with Gasteiger partial charge in [0.05, 0.1) is 11.8 Å². The van der Waals surface area contributed by atoms with E-state index < -0.39 is 5.97 Å². The van der Waals surface area contributed by atoms with E-state index in [1.54, 1.807) is 12.1 Å². The van der Waals surface area contributed by atoms with Crippen LogP contribution in [0.3, 0.4) is 0 Å². The number of hydrogen-bond acceptors (Lipinski definition) is 5. The van der Waals surface area contributed by atoms with Crippen molar-refractivity contribution in [3.05, 3.63) is 64.7 Å². The average Bonchev–Trinajstić information content (AvgIpc) is 3.12. The van der Waals surface area contributed by atoms with Crippen LogP contribution >= 0.6 is 11.6 Å². The van der Waals surface area contributed by atoms with Crippen molar-refractivity contribution in [1.82, 2.24) is 5.01 Å². The van der Waals surface area contributed by atoms with Gasteiger partial charge < -0.3 is 14.8 Å². The van der Waals surface area contributed by atoms with E-state index in [9.17, 15) is 14.7 Å². The van der Waals surface area contributed by atoms with Gasteiger partial charge in [0.15, 0.2) is 0 Å². The van der Waals surface area contributed by atoms with Gasteiger partial charge in [0, 0.05) is 43.6 Å². The summed E-state index contributed by atoms with van der Waals surface area (Å²) >= 11 is 5.96. The van der Waals surface area contributed by atoms with Gasteiger partial charge in [-0.25, -0.2) is 5.01 Å². The standard InChI is InChI=1S/C21H22ClN3O3/c1-24(2)17-9-5-15(6-10-17)19-13-18(14-3-7-16(22)8-4-14)23-25(19)20(26)11-12-21(27)28/h3-10,19H,11-13H2,1-2H3,(H,27,28)/p-1/t19-/m1/s1. The van der Waals surface area contributed by atoms with Gasteiger partial charge in [-0.3, -0.25) is 4.79 Å². The number of amides is 1. The van der Waals surface area contributed by atoms with Crippen molar-refractivity contribution in [2.75, 3.05) is 19.0 Å². The van der Waals surface area contributed by atoms with Crippen LogP contribution in [0.2, 0.25) is 5.02 Å². The lowest BCUT2D eigenvalue weighted by atomic mass is 9.98. The Morgan fingerprint density at radius 2 is 1.75 bits per heavy atom. The van der Waals surface area contributed by atoms with Crippen LogP contribution in [-0.4, -0.2) is 36.7 Å². The maximum absolute atomic E-state index is 12.6. The minimum Gasteiger partial charge on any atom is -0.550 e. The number of anilines is 1. The van der Waals surface area contributed by atoms with Crippen LogP contribution in [0.5, 0.6) is 0 Å². The smallest absolute Gasteiger partial charge is 0.243 e. The van der Waals surface area contributed by atoms with E-state index in [0.717, 1.165) is 22.5 Å². The largest absolute Gasteiger partial charge is 0.550 e. The first-order valence-corrected chi connectivity index (χ1v) is 9.35. The van der Waals surface area contributed by atoms with Crippen LogP contribution in [0.15, 0.2) is 53.6 Å². The van der Waals surface area contributed by atoms with Gasteiger partial charge in [0.25, 0.3) is 0 Å². The topological polar surface area (TPSA) is 76.0 Å². The Kier molecular flexibility index (Phi) is 5.99. The molecule has 0 spiro atoms. The van der Waals surface area contributed by atoms with E-state index in [0.29, 0.717) is 11.4 Å². The van der Waals surface area contributed by atoms with Crippen molar-refractivity contribution < 1.29 is 14.7 Å². The van der Waals surface area contributed by atoms with Crippen molar-refractivity contribution in [2.24, 2.45) is 5.10 Å². The minimum atomic E-state index is -1.25. The highest BCUT2D eigenvalue weighted by molar-refractivity contribution is 6.30. The summed E-state index contributed by atoms with van der Waals surface area (Å²) in [5.74, 6) is -1.59. The molecule has 146 valence electrons. The van der Waals surface area contributed by atoms with Crippen LogP contribution < -0.4 is 10.0 Å². The summed E-state index contributed by atoms with van der Waals surface area (Å²) in [5, 5.41) is 17.3. The minimum absolute atomic E-state index is 0.147. The molecule has 0 radical (unpaired) electrons. The van der Waals surface area contributed by atoms with Gasteiger partial charge in [0.1, 0.15) is 0 Å². The number of aliphatic carboxylic acids is 1. The summed E-state index contributed by atoms with van der Waals surface area (Å²) in [4.78, 5) is 25.4. The first-order valence-electron chi connectivity index (χ1n) is 8.98. The van der Waals surface area contributed by atoms with Gasteiger partial charge in [-0.15, -0.1) is 0 Å². The molecule has 0 fully saturated rings. The lowest BCUT2D eigenvalue weighted by molar-refractivity contribution is -0.305. The van der Waals surface area contributed by atoms with E-state index in [-0.39, 0.29) is 24.8 Å². The molecule has 1 heterocycles. The molecule has 6 nitrogen and oxygen atoms in total. The molecule has 0 saturated carbocycles. The van der Waals surface area contributed by atoms with Gasteiger partial charge in [-0.2, -0.15) is 5.10 Å². The summed E-state index contributed by atoms with van der Waals surface area (Å²) < 4.78 is 0. The molecule has 2 aromatic carbocycles. The SMILES string of the molecule is CN(C)c1ccc([C@H]2CC(c3ccc(Cl)cc3)=NN2C(=O)CCC(=O)[O-])cc1. The van der Waals surface area contributed by atoms with Gasteiger partial charge >= 0.3 is 0 Å².